The quantitative estimate of drug-likeness (QED) is 0.0398. The number of carbonyl (C=O) groups excluding carboxylic acids is 5. The fourth-order valence-electron chi connectivity index (χ4n) is 8.04. The van der Waals surface area contributed by atoms with E-state index in [2.05, 4.69) is 36.8 Å². The van der Waals surface area contributed by atoms with Gasteiger partial charge < -0.3 is 56.3 Å². The fraction of sp³-hybridized carbons (Fsp3) is 0.240. The van der Waals surface area contributed by atoms with E-state index in [1.165, 1.54) is 36.4 Å². The molecule has 2 aliphatic heterocycles. The molecule has 21 heteroatoms. The highest BCUT2D eigenvalue weighted by atomic mass is 35.5. The topological polar surface area (TPSA) is 252 Å². The highest BCUT2D eigenvalue weighted by Crippen LogP contribution is 2.42. The molecule has 5 amide bonds. The molecular formula is C50H48Cl2N8O10S. The first-order valence-corrected chi connectivity index (χ1v) is 23.4. The predicted octanol–water partition coefficient (Wildman–Crippen LogP) is 5.39. The smallest absolute Gasteiger partial charge is 0.336 e. The summed E-state index contributed by atoms with van der Waals surface area (Å²) in [6.45, 7) is 0.702. The van der Waals surface area contributed by atoms with Crippen LogP contribution in [0.15, 0.2) is 106 Å². The van der Waals surface area contributed by atoms with Crippen molar-refractivity contribution in [1.29, 1.82) is 0 Å². The molecule has 0 aromatic heterocycles. The zero-order valence-corrected chi connectivity index (χ0v) is 40.4. The number of halogens is 2. The minimum absolute atomic E-state index is 0.0339. The number of carboxylic acids is 1. The van der Waals surface area contributed by atoms with Gasteiger partial charge in [-0.2, -0.15) is 0 Å². The number of aromatic hydroxyl groups is 1. The second-order valence-corrected chi connectivity index (χ2v) is 17.9. The van der Waals surface area contributed by atoms with E-state index in [9.17, 15) is 43.8 Å². The number of nitrogens with one attached hydrogen (secondary N) is 6. The summed E-state index contributed by atoms with van der Waals surface area (Å²) in [6.07, 6.45) is 2.25. The van der Waals surface area contributed by atoms with Crippen LogP contribution in [-0.2, 0) is 30.4 Å². The summed E-state index contributed by atoms with van der Waals surface area (Å²) < 4.78 is 5.88. The molecule has 0 saturated carbocycles. The number of benzene rings is 5. The van der Waals surface area contributed by atoms with Gasteiger partial charge in [0.1, 0.15) is 17.1 Å². The van der Waals surface area contributed by atoms with Crippen LogP contribution in [-0.4, -0.2) is 113 Å². The molecule has 1 aliphatic carbocycles. The first-order chi connectivity index (χ1) is 34.0. The van der Waals surface area contributed by atoms with E-state index in [1.54, 1.807) is 66.5 Å². The van der Waals surface area contributed by atoms with Crippen molar-refractivity contribution in [3.63, 3.8) is 0 Å². The second kappa shape index (κ2) is 23.4. The lowest BCUT2D eigenvalue weighted by atomic mass is 9.90. The summed E-state index contributed by atoms with van der Waals surface area (Å²) in [6, 6.07) is 25.0. The van der Waals surface area contributed by atoms with Crippen molar-refractivity contribution in [3.8, 4) is 28.2 Å². The predicted molar refractivity (Wildman–Crippen MR) is 273 cm³/mol. The number of amides is 5. The van der Waals surface area contributed by atoms with Crippen molar-refractivity contribution in [3.05, 3.63) is 134 Å². The van der Waals surface area contributed by atoms with Gasteiger partial charge in [0.15, 0.2) is 10.5 Å². The number of phenolic OH excluding ortho intramolecular Hbond substituents is 1. The summed E-state index contributed by atoms with van der Waals surface area (Å²) in [5.41, 5.74) is 3.30. The maximum atomic E-state index is 13.5. The average Bonchev–Trinajstić information content (AvgIpc) is 3.86. The number of carboxylic acid groups (broad SMARTS) is 1. The van der Waals surface area contributed by atoms with Crippen LogP contribution in [0.5, 0.6) is 5.75 Å². The first kappa shape index (κ1) is 51.3. The monoisotopic (exact) mass is 1020 g/mol. The normalized spacial score (nSPS) is 12.7. The standard InChI is InChI=1S/C50H48Cl2N8O10S/c1-59(47(67)18-28-7-14-38(51)39(52)17-28)40(27-60-15-2-3-16-60)29-5-4-6-30(19-29)57-46(66)26-55-44(64)24-53-43(63)23-54-45(65)25-56-50(71)58-31-8-11-34(37(20-31)49(68)69)48-35-12-9-32(61)21-41(35)70-42-22-33(62)10-13-36(42)48/h4-14,17,19-22,40,61H,2-3,15-16,18,23-27H2,1H3,(H,53,63)(H,54,65)(H,55,64)(H,57,66)(H,68,69)(H2,56,58,71). The van der Waals surface area contributed by atoms with Crippen molar-refractivity contribution >= 4 is 98.4 Å². The molecule has 0 radical (unpaired) electrons. The van der Waals surface area contributed by atoms with Crippen LogP contribution in [0.25, 0.3) is 33.4 Å². The number of phenols is 1. The number of hydrogen-bond acceptors (Lipinski definition) is 11. The van der Waals surface area contributed by atoms with Crippen molar-refractivity contribution in [2.45, 2.75) is 25.3 Å². The minimum atomic E-state index is -1.27. The Morgan fingerprint density at radius 2 is 1.39 bits per heavy atom. The summed E-state index contributed by atoms with van der Waals surface area (Å²) in [7, 11) is 1.75. The average molecular weight is 1020 g/mol. The zero-order chi connectivity index (χ0) is 50.8. The fourth-order valence-corrected chi connectivity index (χ4v) is 8.55. The molecule has 368 valence electrons. The van der Waals surface area contributed by atoms with Crippen LogP contribution < -0.4 is 37.3 Å². The van der Waals surface area contributed by atoms with Gasteiger partial charge in [-0.25, -0.2) is 4.79 Å². The Morgan fingerprint density at radius 1 is 0.732 bits per heavy atom. The summed E-state index contributed by atoms with van der Waals surface area (Å²) >= 11 is 17.6. The number of thiocarbonyl (C=S) groups is 1. The third kappa shape index (κ3) is 13.6. The lowest BCUT2D eigenvalue weighted by Crippen LogP contribution is -2.45. The number of anilines is 2. The van der Waals surface area contributed by atoms with Gasteiger partial charge in [-0.1, -0.05) is 47.5 Å². The number of likely N-dealkylation sites (tertiary alicyclic amines) is 1. The first-order valence-electron chi connectivity index (χ1n) is 22.3. The Bertz CT molecular complexity index is 3070. The second-order valence-electron chi connectivity index (χ2n) is 16.6. The largest absolute Gasteiger partial charge is 0.508 e. The Labute approximate surface area is 422 Å². The zero-order valence-electron chi connectivity index (χ0n) is 38.1. The molecule has 71 heavy (non-hydrogen) atoms. The molecule has 4 aromatic carbocycles. The van der Waals surface area contributed by atoms with Gasteiger partial charge in [-0.15, -0.1) is 0 Å². The van der Waals surface area contributed by atoms with Crippen molar-refractivity contribution < 1.29 is 43.4 Å². The highest BCUT2D eigenvalue weighted by Gasteiger charge is 2.27. The third-order valence-corrected chi connectivity index (χ3v) is 12.6. The molecule has 1 saturated heterocycles. The number of carbonyl (C=O) groups is 6. The van der Waals surface area contributed by atoms with Gasteiger partial charge >= 0.3 is 5.97 Å². The number of fused-ring (bicyclic) bond motifs is 2. The van der Waals surface area contributed by atoms with E-state index in [0.717, 1.165) is 37.1 Å². The molecule has 8 N–H and O–H groups in total. The van der Waals surface area contributed by atoms with Gasteiger partial charge in [0.2, 0.25) is 29.5 Å². The molecule has 1 unspecified atom stereocenters. The lowest BCUT2D eigenvalue weighted by molar-refractivity contribution is -0.131. The van der Waals surface area contributed by atoms with E-state index >= 15 is 0 Å². The molecule has 1 fully saturated rings. The minimum Gasteiger partial charge on any atom is -0.508 e. The maximum absolute atomic E-state index is 13.5. The van der Waals surface area contributed by atoms with E-state index in [1.807, 2.05) is 6.07 Å². The van der Waals surface area contributed by atoms with Crippen molar-refractivity contribution in [2.24, 2.45) is 0 Å². The Kier molecular flexibility index (Phi) is 16.9. The van der Waals surface area contributed by atoms with Crippen molar-refractivity contribution in [2.75, 3.05) is 63.5 Å². The van der Waals surface area contributed by atoms with E-state index in [-0.39, 0.29) is 63.8 Å². The van der Waals surface area contributed by atoms with Crippen LogP contribution >= 0.6 is 35.4 Å². The highest BCUT2D eigenvalue weighted by molar-refractivity contribution is 7.80. The lowest BCUT2D eigenvalue weighted by Gasteiger charge is -2.32. The summed E-state index contributed by atoms with van der Waals surface area (Å²) in [5.74, 6) is -3.76. The number of hydrogen-bond donors (Lipinski definition) is 8. The number of aromatic carboxylic acids is 1. The Hall–Kier alpha value is -7.58. The Balaban J connectivity index is 0.846. The molecule has 0 spiro atoms. The molecule has 3 aliphatic rings. The maximum Gasteiger partial charge on any atom is 0.336 e. The molecule has 7 rings (SSSR count). The van der Waals surface area contributed by atoms with E-state index < -0.39 is 49.2 Å². The Morgan fingerprint density at radius 3 is 2.08 bits per heavy atom. The number of rotatable bonds is 18. The van der Waals surface area contributed by atoms with Gasteiger partial charge in [-0.3, -0.25) is 28.8 Å². The number of likely N-dealkylation sites (N-methyl/N-ethyl adjacent to an activating group) is 1. The molecule has 4 aromatic rings. The van der Waals surface area contributed by atoms with E-state index in [0.29, 0.717) is 44.4 Å². The molecule has 1 atom stereocenters. The molecule has 18 nitrogen and oxygen atoms in total. The van der Waals surface area contributed by atoms with Crippen LogP contribution in [0.4, 0.5) is 11.4 Å². The van der Waals surface area contributed by atoms with Gasteiger partial charge in [-0.05, 0) is 116 Å². The van der Waals surface area contributed by atoms with Gasteiger partial charge in [0.05, 0.1) is 54.3 Å². The van der Waals surface area contributed by atoms with Gasteiger partial charge in [0, 0.05) is 53.6 Å². The van der Waals surface area contributed by atoms with Crippen LogP contribution in [0.3, 0.4) is 0 Å². The molecule has 2 heterocycles. The van der Waals surface area contributed by atoms with Crippen LogP contribution in [0, 0.1) is 0 Å². The van der Waals surface area contributed by atoms with E-state index in [4.69, 9.17) is 39.8 Å². The van der Waals surface area contributed by atoms with Crippen LogP contribution in [0.2, 0.25) is 10.0 Å². The number of nitrogens with zero attached hydrogens (tertiary/aromatic N) is 2. The van der Waals surface area contributed by atoms with Crippen LogP contribution in [0.1, 0.15) is 40.4 Å². The molecule has 0 bridgehead atoms. The van der Waals surface area contributed by atoms with Crippen molar-refractivity contribution in [1.82, 2.24) is 31.1 Å². The molecular weight excluding hydrogens is 976 g/mol. The summed E-state index contributed by atoms with van der Waals surface area (Å²) in [5, 5.41) is 37.1. The third-order valence-electron chi connectivity index (χ3n) is 11.6. The summed E-state index contributed by atoms with van der Waals surface area (Å²) in [4.78, 5) is 92.7. The SMILES string of the molecule is CN(C(=O)Cc1ccc(Cl)c(Cl)c1)C(CN1CCCC1)c1cccc(NC(=O)CNC(=O)CNC(=O)CNC(=O)CNC(=S)Nc2ccc(-c3c4ccc(=O)cc-4oc4cc(O)ccc34)c(C(=O)O)c2)c1. The van der Waals surface area contributed by atoms with Gasteiger partial charge in [0.25, 0.3) is 0 Å².